The topological polar surface area (TPSA) is 73.6 Å². The van der Waals surface area contributed by atoms with Crippen molar-refractivity contribution in [1.29, 1.82) is 0 Å². The third-order valence-electron chi connectivity index (χ3n) is 3.86. The molecule has 1 aliphatic carbocycles. The zero-order valence-electron chi connectivity index (χ0n) is 12.8. The minimum atomic E-state index is -0.334. The lowest BCUT2D eigenvalue weighted by Gasteiger charge is -2.22. The predicted molar refractivity (Wildman–Crippen MR) is 82.8 cm³/mol. The van der Waals surface area contributed by atoms with Crippen LogP contribution in [0.1, 0.15) is 39.0 Å². The number of nitrogens with two attached hydrogens (primary N) is 1. The molecular formula is C16H24N2O3. The van der Waals surface area contributed by atoms with E-state index in [1.54, 1.807) is 19.2 Å². The van der Waals surface area contributed by atoms with Crippen LogP contribution in [-0.4, -0.2) is 25.2 Å². The van der Waals surface area contributed by atoms with Crippen molar-refractivity contribution in [3.63, 3.8) is 0 Å². The SMILES string of the molecule is CCOc1ccc(NC(=O)CC2(N)CCCC2)cc1OC. The zero-order valence-corrected chi connectivity index (χ0v) is 12.8. The summed E-state index contributed by atoms with van der Waals surface area (Å²) in [5.74, 6) is 1.23. The first kappa shape index (κ1) is 15.6. The Kier molecular flexibility index (Phi) is 5.07. The van der Waals surface area contributed by atoms with E-state index in [1.165, 1.54) is 0 Å². The van der Waals surface area contributed by atoms with Crippen LogP contribution < -0.4 is 20.5 Å². The number of rotatable bonds is 6. The molecule has 0 aromatic heterocycles. The van der Waals surface area contributed by atoms with E-state index in [0.29, 0.717) is 30.2 Å². The third-order valence-corrected chi connectivity index (χ3v) is 3.86. The van der Waals surface area contributed by atoms with Gasteiger partial charge in [0.1, 0.15) is 0 Å². The summed E-state index contributed by atoms with van der Waals surface area (Å²) in [6.07, 6.45) is 4.43. The van der Waals surface area contributed by atoms with Gasteiger partial charge >= 0.3 is 0 Å². The maximum Gasteiger partial charge on any atom is 0.226 e. The molecule has 1 aromatic carbocycles. The molecule has 5 heteroatoms. The first-order chi connectivity index (χ1) is 10.1. The zero-order chi connectivity index (χ0) is 15.3. The number of anilines is 1. The van der Waals surface area contributed by atoms with E-state index in [-0.39, 0.29) is 11.4 Å². The van der Waals surface area contributed by atoms with Gasteiger partial charge in [-0.25, -0.2) is 0 Å². The molecule has 1 saturated carbocycles. The molecule has 0 spiro atoms. The first-order valence-corrected chi connectivity index (χ1v) is 7.46. The van der Waals surface area contributed by atoms with Crippen LogP contribution in [0.4, 0.5) is 5.69 Å². The van der Waals surface area contributed by atoms with Crippen molar-refractivity contribution < 1.29 is 14.3 Å². The van der Waals surface area contributed by atoms with Gasteiger partial charge in [0.05, 0.1) is 13.7 Å². The second kappa shape index (κ2) is 6.80. The van der Waals surface area contributed by atoms with Crippen molar-refractivity contribution in [1.82, 2.24) is 0 Å². The third kappa shape index (κ3) is 4.11. The Hall–Kier alpha value is -1.75. The van der Waals surface area contributed by atoms with Gasteiger partial charge in [0.25, 0.3) is 0 Å². The standard InChI is InChI=1S/C16H24N2O3/c1-3-21-13-7-6-12(10-14(13)20-2)18-15(19)11-16(17)8-4-5-9-16/h6-7,10H,3-5,8-9,11,17H2,1-2H3,(H,18,19). The Labute approximate surface area is 125 Å². The van der Waals surface area contributed by atoms with E-state index in [1.807, 2.05) is 13.0 Å². The van der Waals surface area contributed by atoms with Gasteiger partial charge in [0, 0.05) is 23.7 Å². The van der Waals surface area contributed by atoms with Crippen LogP contribution in [0.15, 0.2) is 18.2 Å². The summed E-state index contributed by atoms with van der Waals surface area (Å²) >= 11 is 0. The molecule has 0 unspecified atom stereocenters. The van der Waals surface area contributed by atoms with Gasteiger partial charge in [-0.05, 0) is 31.9 Å². The molecule has 0 aliphatic heterocycles. The van der Waals surface area contributed by atoms with Crippen LogP contribution in [0.25, 0.3) is 0 Å². The van der Waals surface area contributed by atoms with E-state index in [2.05, 4.69) is 5.32 Å². The Balaban J connectivity index is 2.00. The minimum Gasteiger partial charge on any atom is -0.493 e. The normalized spacial score (nSPS) is 16.5. The van der Waals surface area contributed by atoms with Crippen molar-refractivity contribution in [2.24, 2.45) is 5.73 Å². The number of carbonyl (C=O) groups excluding carboxylic acids is 1. The second-order valence-corrected chi connectivity index (χ2v) is 5.59. The molecule has 0 bridgehead atoms. The van der Waals surface area contributed by atoms with E-state index in [9.17, 15) is 4.79 Å². The molecule has 1 amide bonds. The van der Waals surface area contributed by atoms with Crippen molar-refractivity contribution in [2.75, 3.05) is 19.0 Å². The fraction of sp³-hybridized carbons (Fsp3) is 0.562. The number of nitrogens with one attached hydrogen (secondary N) is 1. The highest BCUT2D eigenvalue weighted by atomic mass is 16.5. The smallest absolute Gasteiger partial charge is 0.226 e. The molecule has 21 heavy (non-hydrogen) atoms. The van der Waals surface area contributed by atoms with Gasteiger partial charge in [0.2, 0.25) is 5.91 Å². The molecule has 1 aliphatic rings. The van der Waals surface area contributed by atoms with Crippen LogP contribution in [0, 0.1) is 0 Å². The van der Waals surface area contributed by atoms with Crippen molar-refractivity contribution in [2.45, 2.75) is 44.6 Å². The second-order valence-electron chi connectivity index (χ2n) is 5.59. The molecule has 0 heterocycles. The fourth-order valence-corrected chi connectivity index (χ4v) is 2.80. The van der Waals surface area contributed by atoms with Gasteiger partial charge in [-0.2, -0.15) is 0 Å². The maximum atomic E-state index is 12.1. The van der Waals surface area contributed by atoms with E-state index in [4.69, 9.17) is 15.2 Å². The monoisotopic (exact) mass is 292 g/mol. The summed E-state index contributed by atoms with van der Waals surface area (Å²) in [7, 11) is 1.58. The molecular weight excluding hydrogens is 268 g/mol. The molecule has 2 rings (SSSR count). The van der Waals surface area contributed by atoms with E-state index >= 15 is 0 Å². The highest BCUT2D eigenvalue weighted by molar-refractivity contribution is 5.91. The lowest BCUT2D eigenvalue weighted by molar-refractivity contribution is -0.117. The minimum absolute atomic E-state index is 0.0504. The molecule has 0 saturated heterocycles. The highest BCUT2D eigenvalue weighted by Gasteiger charge is 2.31. The molecule has 1 aromatic rings. The summed E-state index contributed by atoms with van der Waals surface area (Å²) in [5, 5.41) is 2.88. The number of benzene rings is 1. The summed E-state index contributed by atoms with van der Waals surface area (Å²) in [5.41, 5.74) is 6.59. The average molecular weight is 292 g/mol. The van der Waals surface area contributed by atoms with E-state index < -0.39 is 0 Å². The lowest BCUT2D eigenvalue weighted by Crippen LogP contribution is -2.40. The predicted octanol–water partition coefficient (Wildman–Crippen LogP) is 2.69. The Bertz CT molecular complexity index is 496. The molecule has 3 N–H and O–H groups in total. The number of hydrogen-bond acceptors (Lipinski definition) is 4. The number of hydrogen-bond donors (Lipinski definition) is 2. The number of ether oxygens (including phenoxy) is 2. The van der Waals surface area contributed by atoms with Gasteiger partial charge in [0.15, 0.2) is 11.5 Å². The summed E-state index contributed by atoms with van der Waals surface area (Å²) < 4.78 is 10.7. The van der Waals surface area contributed by atoms with Gasteiger partial charge in [-0.3, -0.25) is 4.79 Å². The molecule has 0 radical (unpaired) electrons. The Morgan fingerprint density at radius 2 is 2.05 bits per heavy atom. The Morgan fingerprint density at radius 1 is 1.33 bits per heavy atom. The summed E-state index contributed by atoms with van der Waals surface area (Å²) in [6, 6.07) is 5.37. The number of amides is 1. The summed E-state index contributed by atoms with van der Waals surface area (Å²) in [6.45, 7) is 2.48. The first-order valence-electron chi connectivity index (χ1n) is 7.46. The van der Waals surface area contributed by atoms with Gasteiger partial charge in [-0.1, -0.05) is 12.8 Å². The van der Waals surface area contributed by atoms with E-state index in [0.717, 1.165) is 25.7 Å². The van der Waals surface area contributed by atoms with Crippen LogP contribution in [0.3, 0.4) is 0 Å². The molecule has 1 fully saturated rings. The van der Waals surface area contributed by atoms with Crippen LogP contribution in [-0.2, 0) is 4.79 Å². The number of carbonyl (C=O) groups is 1. The van der Waals surface area contributed by atoms with Gasteiger partial charge in [-0.15, -0.1) is 0 Å². The molecule has 0 atom stereocenters. The van der Waals surface area contributed by atoms with Crippen molar-refractivity contribution >= 4 is 11.6 Å². The van der Waals surface area contributed by atoms with Crippen LogP contribution >= 0.6 is 0 Å². The molecule has 5 nitrogen and oxygen atoms in total. The van der Waals surface area contributed by atoms with Gasteiger partial charge < -0.3 is 20.5 Å². The lowest BCUT2D eigenvalue weighted by atomic mass is 9.94. The fourth-order valence-electron chi connectivity index (χ4n) is 2.80. The Morgan fingerprint density at radius 3 is 2.67 bits per heavy atom. The largest absolute Gasteiger partial charge is 0.493 e. The van der Waals surface area contributed by atoms with Crippen molar-refractivity contribution in [3.8, 4) is 11.5 Å². The van der Waals surface area contributed by atoms with Crippen LogP contribution in [0.5, 0.6) is 11.5 Å². The van der Waals surface area contributed by atoms with Crippen molar-refractivity contribution in [3.05, 3.63) is 18.2 Å². The van der Waals surface area contributed by atoms with Crippen LogP contribution in [0.2, 0.25) is 0 Å². The highest BCUT2D eigenvalue weighted by Crippen LogP contribution is 2.32. The number of methoxy groups -OCH3 is 1. The maximum absolute atomic E-state index is 12.1. The molecule has 116 valence electrons. The average Bonchev–Trinajstić information content (AvgIpc) is 2.86. The quantitative estimate of drug-likeness (QED) is 0.845. The summed E-state index contributed by atoms with van der Waals surface area (Å²) in [4.78, 5) is 12.1.